The van der Waals surface area contributed by atoms with Crippen molar-refractivity contribution in [3.8, 4) is 0 Å². The van der Waals surface area contributed by atoms with Crippen molar-refractivity contribution in [2.45, 2.75) is 32.3 Å². The van der Waals surface area contributed by atoms with E-state index in [1.165, 1.54) is 0 Å². The third-order valence-electron chi connectivity index (χ3n) is 2.68. The first-order valence-corrected chi connectivity index (χ1v) is 5.81. The van der Waals surface area contributed by atoms with Crippen LogP contribution in [0, 0.1) is 0 Å². The maximum Gasteiger partial charge on any atom is 0.134 e. The zero-order chi connectivity index (χ0) is 11.7. The molecule has 0 spiro atoms. The van der Waals surface area contributed by atoms with Crippen molar-refractivity contribution in [3.63, 3.8) is 0 Å². The molecule has 2 aromatic rings. The molecule has 2 nitrogen and oxygen atoms in total. The number of aliphatic hydroxyl groups is 1. The van der Waals surface area contributed by atoms with E-state index in [0.717, 1.165) is 16.7 Å². The molecule has 0 aliphatic heterocycles. The molecule has 0 radical (unpaired) electrons. The van der Waals surface area contributed by atoms with Gasteiger partial charge in [0.05, 0.1) is 6.10 Å². The SMILES string of the molecule is CC(O)CC(C)c1cc2cc(Cl)ccc2o1. The summed E-state index contributed by atoms with van der Waals surface area (Å²) in [4.78, 5) is 0. The first-order valence-electron chi connectivity index (χ1n) is 5.43. The molecule has 16 heavy (non-hydrogen) atoms. The van der Waals surface area contributed by atoms with Crippen LogP contribution in [0.2, 0.25) is 5.02 Å². The molecule has 0 amide bonds. The third-order valence-corrected chi connectivity index (χ3v) is 2.91. The summed E-state index contributed by atoms with van der Waals surface area (Å²) >= 11 is 5.91. The number of hydrogen-bond donors (Lipinski definition) is 1. The lowest BCUT2D eigenvalue weighted by atomic mass is 10.0. The first kappa shape index (κ1) is 11.5. The topological polar surface area (TPSA) is 33.4 Å². The highest BCUT2D eigenvalue weighted by atomic mass is 35.5. The van der Waals surface area contributed by atoms with Crippen LogP contribution in [0.25, 0.3) is 11.0 Å². The summed E-state index contributed by atoms with van der Waals surface area (Å²) in [6.07, 6.45) is 0.389. The highest BCUT2D eigenvalue weighted by Gasteiger charge is 2.13. The molecule has 2 atom stereocenters. The molecule has 1 aromatic carbocycles. The highest BCUT2D eigenvalue weighted by Crippen LogP contribution is 2.29. The standard InChI is InChI=1S/C13H15ClO2/c1-8(5-9(2)15)13-7-10-6-11(14)3-4-12(10)16-13/h3-4,6-9,15H,5H2,1-2H3. The monoisotopic (exact) mass is 238 g/mol. The zero-order valence-corrected chi connectivity index (χ0v) is 10.2. The summed E-state index contributed by atoms with van der Waals surface area (Å²) in [5, 5.41) is 11.1. The summed E-state index contributed by atoms with van der Waals surface area (Å²) in [5.74, 6) is 1.12. The molecule has 1 heterocycles. The molecule has 0 aliphatic carbocycles. The van der Waals surface area contributed by atoms with Crippen LogP contribution in [-0.2, 0) is 0 Å². The molecule has 0 aliphatic rings. The molecule has 0 saturated heterocycles. The fourth-order valence-corrected chi connectivity index (χ4v) is 2.09. The Labute approximate surface area is 99.8 Å². The van der Waals surface area contributed by atoms with E-state index in [0.29, 0.717) is 11.4 Å². The van der Waals surface area contributed by atoms with E-state index in [1.807, 2.05) is 31.2 Å². The van der Waals surface area contributed by atoms with E-state index in [9.17, 15) is 5.11 Å². The number of fused-ring (bicyclic) bond motifs is 1. The molecule has 0 fully saturated rings. The second-order valence-corrected chi connectivity index (χ2v) is 4.75. The maximum atomic E-state index is 9.34. The van der Waals surface area contributed by atoms with Crippen molar-refractivity contribution >= 4 is 22.6 Å². The Morgan fingerprint density at radius 2 is 2.06 bits per heavy atom. The number of hydrogen-bond acceptors (Lipinski definition) is 2. The van der Waals surface area contributed by atoms with Crippen LogP contribution in [0.1, 0.15) is 31.9 Å². The van der Waals surface area contributed by atoms with Gasteiger partial charge in [-0.2, -0.15) is 0 Å². The summed E-state index contributed by atoms with van der Waals surface area (Å²) < 4.78 is 5.72. The largest absolute Gasteiger partial charge is 0.461 e. The average Bonchev–Trinajstić information content (AvgIpc) is 2.59. The van der Waals surface area contributed by atoms with Gasteiger partial charge in [0.2, 0.25) is 0 Å². The molecule has 1 N–H and O–H groups in total. The molecule has 2 unspecified atom stereocenters. The zero-order valence-electron chi connectivity index (χ0n) is 9.40. The van der Waals surface area contributed by atoms with Gasteiger partial charge in [0, 0.05) is 16.3 Å². The van der Waals surface area contributed by atoms with Crippen LogP contribution < -0.4 is 0 Å². The second kappa shape index (κ2) is 4.48. The lowest BCUT2D eigenvalue weighted by Crippen LogP contribution is -2.04. The van der Waals surface area contributed by atoms with Crippen LogP contribution in [0.4, 0.5) is 0 Å². The van der Waals surface area contributed by atoms with E-state index >= 15 is 0 Å². The van der Waals surface area contributed by atoms with Crippen LogP contribution in [-0.4, -0.2) is 11.2 Å². The molecule has 0 bridgehead atoms. The summed E-state index contributed by atoms with van der Waals surface area (Å²) in [7, 11) is 0. The molecule has 0 saturated carbocycles. The first-order chi connectivity index (χ1) is 7.56. The summed E-state index contributed by atoms with van der Waals surface area (Å²) in [6.45, 7) is 3.84. The van der Waals surface area contributed by atoms with Gasteiger partial charge < -0.3 is 9.52 Å². The van der Waals surface area contributed by atoms with Crippen molar-refractivity contribution < 1.29 is 9.52 Å². The Bertz CT molecular complexity index is 488. The predicted molar refractivity (Wildman–Crippen MR) is 65.9 cm³/mol. The quantitative estimate of drug-likeness (QED) is 0.878. The van der Waals surface area contributed by atoms with E-state index in [2.05, 4.69) is 0 Å². The van der Waals surface area contributed by atoms with Gasteiger partial charge >= 0.3 is 0 Å². The summed E-state index contributed by atoms with van der Waals surface area (Å²) in [5.41, 5.74) is 0.844. The number of aliphatic hydroxyl groups excluding tert-OH is 1. The fraction of sp³-hybridized carbons (Fsp3) is 0.385. The predicted octanol–water partition coefficient (Wildman–Crippen LogP) is 3.96. The van der Waals surface area contributed by atoms with Crippen molar-refractivity contribution in [2.75, 3.05) is 0 Å². The minimum atomic E-state index is -0.313. The average molecular weight is 239 g/mol. The number of furan rings is 1. The van der Waals surface area contributed by atoms with Gasteiger partial charge in [-0.05, 0) is 37.6 Å². The number of rotatable bonds is 3. The van der Waals surface area contributed by atoms with Gasteiger partial charge in [-0.1, -0.05) is 18.5 Å². The van der Waals surface area contributed by atoms with Crippen LogP contribution >= 0.6 is 11.6 Å². The van der Waals surface area contributed by atoms with E-state index in [1.54, 1.807) is 6.92 Å². The van der Waals surface area contributed by atoms with Gasteiger partial charge in [0.1, 0.15) is 11.3 Å². The van der Waals surface area contributed by atoms with E-state index < -0.39 is 0 Å². The molecule has 3 heteroatoms. The molecule has 2 rings (SSSR count). The molecular weight excluding hydrogens is 224 g/mol. The maximum absolute atomic E-state index is 9.34. The third kappa shape index (κ3) is 2.39. The van der Waals surface area contributed by atoms with Crippen LogP contribution in [0.3, 0.4) is 0 Å². The Morgan fingerprint density at radius 3 is 2.75 bits per heavy atom. The van der Waals surface area contributed by atoms with Crippen molar-refractivity contribution in [2.24, 2.45) is 0 Å². The Hall–Kier alpha value is -0.990. The van der Waals surface area contributed by atoms with Crippen LogP contribution in [0.15, 0.2) is 28.7 Å². The van der Waals surface area contributed by atoms with Gasteiger partial charge in [-0.15, -0.1) is 0 Å². The number of halogens is 1. The van der Waals surface area contributed by atoms with Crippen molar-refractivity contribution in [3.05, 3.63) is 35.0 Å². The Morgan fingerprint density at radius 1 is 1.31 bits per heavy atom. The molecular formula is C13H15ClO2. The fourth-order valence-electron chi connectivity index (χ4n) is 1.91. The van der Waals surface area contributed by atoms with Crippen molar-refractivity contribution in [1.82, 2.24) is 0 Å². The van der Waals surface area contributed by atoms with Gasteiger partial charge in [-0.25, -0.2) is 0 Å². The Kier molecular flexibility index (Phi) is 3.22. The van der Waals surface area contributed by atoms with Crippen LogP contribution in [0.5, 0.6) is 0 Å². The molecule has 1 aromatic heterocycles. The smallest absolute Gasteiger partial charge is 0.134 e. The minimum absolute atomic E-state index is 0.214. The van der Waals surface area contributed by atoms with Gasteiger partial charge in [0.15, 0.2) is 0 Å². The summed E-state index contributed by atoms with van der Waals surface area (Å²) in [6, 6.07) is 7.57. The molecule has 86 valence electrons. The minimum Gasteiger partial charge on any atom is -0.461 e. The van der Waals surface area contributed by atoms with Gasteiger partial charge in [-0.3, -0.25) is 0 Å². The number of benzene rings is 1. The highest BCUT2D eigenvalue weighted by molar-refractivity contribution is 6.31. The van der Waals surface area contributed by atoms with E-state index in [4.69, 9.17) is 16.0 Å². The lowest BCUT2D eigenvalue weighted by molar-refractivity contribution is 0.173. The normalized spacial score (nSPS) is 15.2. The second-order valence-electron chi connectivity index (χ2n) is 4.32. The van der Waals surface area contributed by atoms with E-state index in [-0.39, 0.29) is 12.0 Å². The lowest BCUT2D eigenvalue weighted by Gasteiger charge is -2.09. The Balaban J connectivity index is 2.32. The van der Waals surface area contributed by atoms with Crippen molar-refractivity contribution in [1.29, 1.82) is 0 Å². The van der Waals surface area contributed by atoms with Gasteiger partial charge in [0.25, 0.3) is 0 Å².